The first kappa shape index (κ1) is 36.4. The van der Waals surface area contributed by atoms with E-state index in [1.54, 1.807) is 25.3 Å². The summed E-state index contributed by atoms with van der Waals surface area (Å²) in [6, 6.07) is 10.7. The largest absolute Gasteiger partial charge is 0.496 e. The number of ether oxygens (including phenoxy) is 1. The Morgan fingerprint density at radius 3 is 2.63 bits per heavy atom. The lowest BCUT2D eigenvalue weighted by Crippen LogP contribution is -2.44. The van der Waals surface area contributed by atoms with Crippen LogP contribution in [0.2, 0.25) is 5.02 Å². The molecule has 2 amide bonds. The van der Waals surface area contributed by atoms with Crippen LogP contribution in [0.4, 0.5) is 14.5 Å². The summed E-state index contributed by atoms with van der Waals surface area (Å²) in [7, 11) is 3.35. The van der Waals surface area contributed by atoms with Gasteiger partial charge in [-0.05, 0) is 61.6 Å². The van der Waals surface area contributed by atoms with E-state index in [0.717, 1.165) is 48.3 Å². The lowest BCUT2D eigenvalue weighted by molar-refractivity contribution is -0.129. The summed E-state index contributed by atoms with van der Waals surface area (Å²) in [6.45, 7) is 6.81. The molecule has 270 valence electrons. The number of fused-ring (bicyclic) bond motifs is 1. The number of carbonyl (C=O) groups is 2. The lowest BCUT2D eigenvalue weighted by Gasteiger charge is -2.32. The second-order valence-corrected chi connectivity index (χ2v) is 13.6. The van der Waals surface area contributed by atoms with Crippen LogP contribution in [0.1, 0.15) is 59.3 Å². The third-order valence-electron chi connectivity index (χ3n) is 10.1. The van der Waals surface area contributed by atoms with Crippen molar-refractivity contribution in [1.29, 1.82) is 0 Å². The van der Waals surface area contributed by atoms with Crippen molar-refractivity contribution in [2.24, 2.45) is 7.05 Å². The zero-order chi connectivity index (χ0) is 36.2. The molecule has 0 aliphatic carbocycles. The first-order valence-corrected chi connectivity index (χ1v) is 17.7. The van der Waals surface area contributed by atoms with Gasteiger partial charge in [-0.1, -0.05) is 23.7 Å². The summed E-state index contributed by atoms with van der Waals surface area (Å²) in [5.74, 6) is -0.00362. The Bertz CT molecular complexity index is 1930. The molecule has 1 saturated heterocycles. The Labute approximate surface area is 302 Å². The quantitative estimate of drug-likeness (QED) is 0.187. The van der Waals surface area contributed by atoms with Crippen LogP contribution in [-0.2, 0) is 31.4 Å². The molecule has 0 radical (unpaired) electrons. The minimum absolute atomic E-state index is 0.0715. The predicted octanol–water partition coefficient (Wildman–Crippen LogP) is 6.33. The molecule has 13 heteroatoms. The van der Waals surface area contributed by atoms with E-state index in [2.05, 4.69) is 25.5 Å². The Morgan fingerprint density at radius 2 is 1.90 bits per heavy atom. The van der Waals surface area contributed by atoms with Crippen molar-refractivity contribution >= 4 is 29.1 Å². The SMILES string of the molecule is COc1cc(-c2nccc(-c3cccc(NC(=O)c4nc5c(n4C)CCN(CCCF)C5)c3C)c2Cl)cc(F)c1CNC1CCN(C(C)=O)CC1. The van der Waals surface area contributed by atoms with Gasteiger partial charge in [0, 0.05) is 100.0 Å². The topological polar surface area (TPSA) is 105 Å². The van der Waals surface area contributed by atoms with Gasteiger partial charge in [0.05, 0.1) is 30.2 Å². The zero-order valence-corrected chi connectivity index (χ0v) is 30.2. The Morgan fingerprint density at radius 1 is 1.12 bits per heavy atom. The van der Waals surface area contributed by atoms with Crippen LogP contribution in [-0.4, -0.2) is 82.2 Å². The molecular formula is C38H44ClF2N7O3. The predicted molar refractivity (Wildman–Crippen MR) is 194 cm³/mol. The fourth-order valence-corrected chi connectivity index (χ4v) is 7.42. The van der Waals surface area contributed by atoms with Crippen molar-refractivity contribution in [2.45, 2.75) is 58.7 Å². The smallest absolute Gasteiger partial charge is 0.291 e. The zero-order valence-electron chi connectivity index (χ0n) is 29.5. The van der Waals surface area contributed by atoms with Crippen molar-refractivity contribution in [3.63, 3.8) is 0 Å². The van der Waals surface area contributed by atoms with Crippen molar-refractivity contribution in [3.8, 4) is 28.1 Å². The minimum atomic E-state index is -0.439. The van der Waals surface area contributed by atoms with Crippen molar-refractivity contribution in [3.05, 3.63) is 81.8 Å². The van der Waals surface area contributed by atoms with Gasteiger partial charge < -0.3 is 24.8 Å². The average molecular weight is 720 g/mol. The van der Waals surface area contributed by atoms with Crippen LogP contribution >= 0.6 is 11.6 Å². The number of amides is 2. The van der Waals surface area contributed by atoms with Gasteiger partial charge in [0.15, 0.2) is 5.82 Å². The molecule has 4 aromatic rings. The Kier molecular flexibility index (Phi) is 11.3. The first-order chi connectivity index (χ1) is 24.6. The third-order valence-corrected chi connectivity index (χ3v) is 10.4. The fourth-order valence-electron chi connectivity index (χ4n) is 7.10. The normalized spacial score (nSPS) is 15.2. The molecule has 0 spiro atoms. The van der Waals surface area contributed by atoms with Crippen molar-refractivity contribution in [2.75, 3.05) is 45.3 Å². The molecule has 1 fully saturated rings. The summed E-state index contributed by atoms with van der Waals surface area (Å²) >= 11 is 7.02. The van der Waals surface area contributed by atoms with E-state index >= 15 is 4.39 Å². The number of pyridine rings is 1. The number of hydrogen-bond donors (Lipinski definition) is 2. The monoisotopic (exact) mass is 719 g/mol. The maximum Gasteiger partial charge on any atom is 0.291 e. The molecule has 10 nitrogen and oxygen atoms in total. The summed E-state index contributed by atoms with van der Waals surface area (Å²) in [4.78, 5) is 38.4. The molecule has 4 heterocycles. The Balaban J connectivity index is 1.20. The Hall–Kier alpha value is -4.39. The van der Waals surface area contributed by atoms with E-state index in [4.69, 9.17) is 16.3 Å². The molecule has 2 aromatic heterocycles. The molecule has 0 unspecified atom stereocenters. The summed E-state index contributed by atoms with van der Waals surface area (Å²) in [6.07, 6.45) is 4.45. The molecule has 0 saturated carbocycles. The molecule has 2 aromatic carbocycles. The number of piperidine rings is 1. The van der Waals surface area contributed by atoms with Gasteiger partial charge in [-0.15, -0.1) is 0 Å². The number of alkyl halides is 1. The maximum atomic E-state index is 15.7. The number of nitrogens with zero attached hydrogens (tertiary/aromatic N) is 5. The fraction of sp³-hybridized carbons (Fsp3) is 0.421. The van der Waals surface area contributed by atoms with Gasteiger partial charge in [0.25, 0.3) is 5.91 Å². The molecule has 2 aliphatic heterocycles. The molecular weight excluding hydrogens is 676 g/mol. The average Bonchev–Trinajstić information content (AvgIpc) is 3.46. The molecule has 0 bridgehead atoms. The first-order valence-electron chi connectivity index (χ1n) is 17.3. The number of hydrogen-bond acceptors (Lipinski definition) is 7. The number of benzene rings is 2. The number of anilines is 1. The van der Waals surface area contributed by atoms with Crippen LogP contribution < -0.4 is 15.4 Å². The van der Waals surface area contributed by atoms with Crippen LogP contribution in [0.15, 0.2) is 42.6 Å². The standard InChI is InChI=1S/C38H44ClF2N7O3/c1-23-27(7-5-8-31(23)45-38(50)37-44-32-22-47(15-6-13-40)16-12-33(32)46(37)3)28-9-14-42-36(35(28)39)25-19-30(41)29(34(20-25)51-4)21-43-26-10-17-48(18-11-26)24(2)49/h5,7-9,14,19-20,26,43H,6,10-13,15-18,21-22H2,1-4H3,(H,45,50). The van der Waals surface area contributed by atoms with E-state index in [0.29, 0.717) is 77.3 Å². The number of likely N-dealkylation sites (tertiary alicyclic amines) is 1. The van der Waals surface area contributed by atoms with Gasteiger partial charge >= 0.3 is 0 Å². The van der Waals surface area contributed by atoms with Gasteiger partial charge in [-0.2, -0.15) is 0 Å². The number of methoxy groups -OCH3 is 1. The molecule has 2 aliphatic rings. The summed E-state index contributed by atoms with van der Waals surface area (Å²) in [5, 5.41) is 6.80. The van der Waals surface area contributed by atoms with Gasteiger partial charge in [0.1, 0.15) is 11.6 Å². The van der Waals surface area contributed by atoms with Crippen LogP contribution in [0.3, 0.4) is 0 Å². The number of rotatable bonds is 11. The van der Waals surface area contributed by atoms with Crippen LogP contribution in [0.5, 0.6) is 5.75 Å². The van der Waals surface area contributed by atoms with Crippen molar-refractivity contribution < 1.29 is 23.1 Å². The number of aromatic nitrogens is 3. The number of carbonyl (C=O) groups excluding carboxylic acids is 2. The highest BCUT2D eigenvalue weighted by molar-refractivity contribution is 6.35. The maximum absolute atomic E-state index is 15.7. The number of halogens is 3. The minimum Gasteiger partial charge on any atom is -0.496 e. The second kappa shape index (κ2) is 15.9. The number of nitrogens with one attached hydrogen (secondary N) is 2. The number of imidazole rings is 1. The third kappa shape index (κ3) is 7.78. The van der Waals surface area contributed by atoms with E-state index in [1.165, 1.54) is 13.2 Å². The highest BCUT2D eigenvalue weighted by Gasteiger charge is 2.26. The highest BCUT2D eigenvalue weighted by Crippen LogP contribution is 2.40. The van der Waals surface area contributed by atoms with Crippen LogP contribution in [0, 0.1) is 12.7 Å². The van der Waals surface area contributed by atoms with Crippen molar-refractivity contribution in [1.82, 2.24) is 29.7 Å². The van der Waals surface area contributed by atoms with Crippen LogP contribution in [0.25, 0.3) is 22.4 Å². The van der Waals surface area contributed by atoms with Gasteiger partial charge in [0.2, 0.25) is 5.91 Å². The van der Waals surface area contributed by atoms with Gasteiger partial charge in [-0.3, -0.25) is 23.9 Å². The summed E-state index contributed by atoms with van der Waals surface area (Å²) < 4.78 is 35.9. The molecule has 0 atom stereocenters. The highest BCUT2D eigenvalue weighted by atomic mass is 35.5. The van der Waals surface area contributed by atoms with E-state index in [1.807, 2.05) is 41.6 Å². The second-order valence-electron chi connectivity index (χ2n) is 13.2. The van der Waals surface area contributed by atoms with E-state index in [-0.39, 0.29) is 31.1 Å². The summed E-state index contributed by atoms with van der Waals surface area (Å²) in [5.41, 5.74) is 6.00. The van der Waals surface area contributed by atoms with Gasteiger partial charge in [-0.25, -0.2) is 9.37 Å². The van der Waals surface area contributed by atoms with E-state index in [9.17, 15) is 14.0 Å². The van der Waals surface area contributed by atoms with E-state index < -0.39 is 5.82 Å². The lowest BCUT2D eigenvalue weighted by atomic mass is 9.97. The molecule has 51 heavy (non-hydrogen) atoms. The molecule has 6 rings (SSSR count). The molecule has 2 N–H and O–H groups in total.